The monoisotopic (exact) mass is 550 g/mol. The molecule has 2 atom stereocenters. The highest BCUT2D eigenvalue weighted by Gasteiger charge is 2.34. The summed E-state index contributed by atoms with van der Waals surface area (Å²) in [6, 6.07) is 10.2. The summed E-state index contributed by atoms with van der Waals surface area (Å²) in [5.41, 5.74) is 3.27. The number of thioether (sulfide) groups is 1. The van der Waals surface area contributed by atoms with Crippen LogP contribution < -0.4 is 10.5 Å². The van der Waals surface area contributed by atoms with Gasteiger partial charge in [0.25, 0.3) is 11.5 Å². The van der Waals surface area contributed by atoms with Gasteiger partial charge in [0.2, 0.25) is 0 Å². The van der Waals surface area contributed by atoms with Crippen LogP contribution in [0.3, 0.4) is 0 Å². The molecule has 38 heavy (non-hydrogen) atoms. The molecule has 2 fully saturated rings. The Balaban J connectivity index is 1.83. The van der Waals surface area contributed by atoms with Gasteiger partial charge in [0, 0.05) is 25.2 Å². The number of aromatic nitrogens is 1. The Bertz CT molecular complexity index is 1360. The zero-order valence-electron chi connectivity index (χ0n) is 22.6. The van der Waals surface area contributed by atoms with Crippen molar-refractivity contribution in [1.29, 1.82) is 5.26 Å². The summed E-state index contributed by atoms with van der Waals surface area (Å²) in [4.78, 5) is 31.3. The molecule has 0 radical (unpaired) electrons. The van der Waals surface area contributed by atoms with E-state index in [4.69, 9.17) is 17.0 Å². The van der Waals surface area contributed by atoms with Crippen LogP contribution in [0.25, 0.3) is 6.08 Å². The van der Waals surface area contributed by atoms with E-state index in [9.17, 15) is 14.9 Å². The van der Waals surface area contributed by atoms with Crippen LogP contribution in [0.2, 0.25) is 0 Å². The van der Waals surface area contributed by atoms with Gasteiger partial charge in [-0.05, 0) is 51.3 Å². The van der Waals surface area contributed by atoms with Crippen LogP contribution in [0.1, 0.15) is 61.4 Å². The first-order valence-corrected chi connectivity index (χ1v) is 14.3. The number of unbranched alkanes of at least 4 members (excludes halogenated alkanes) is 1. The minimum Gasteiger partial charge on any atom is -0.372 e. The average Bonchev–Trinajstić information content (AvgIpc) is 3.13. The molecular formula is C29H34N4O3S2. The number of nitrogens with zero attached hydrogens (tertiary/aromatic N) is 4. The molecular weight excluding hydrogens is 516 g/mol. The number of hydrogen-bond donors (Lipinski definition) is 0. The molecule has 2 saturated heterocycles. The first-order valence-electron chi connectivity index (χ1n) is 13.0. The second-order valence-corrected chi connectivity index (χ2v) is 11.8. The SMILES string of the molecule is CCCCn1c(N2CC(C)OC(C)C2)c(C=C2SC(=S)N(Cc3ccc(C)cc3)C2=O)c(C)c(C#N)c1=O. The number of ether oxygens (including phenoxy) is 1. The van der Waals surface area contributed by atoms with Gasteiger partial charge < -0.3 is 9.64 Å². The van der Waals surface area contributed by atoms with Crippen molar-refractivity contribution in [2.75, 3.05) is 18.0 Å². The lowest BCUT2D eigenvalue weighted by Crippen LogP contribution is -2.48. The minimum absolute atomic E-state index is 0.0232. The maximum atomic E-state index is 13.6. The topological polar surface area (TPSA) is 78.6 Å². The molecule has 4 rings (SSSR count). The predicted octanol–water partition coefficient (Wildman–Crippen LogP) is 5.15. The number of pyridine rings is 1. The first kappa shape index (κ1) is 28.1. The highest BCUT2D eigenvalue weighted by atomic mass is 32.2. The number of nitriles is 1. The number of thiocarbonyl (C=S) groups is 1. The van der Waals surface area contributed by atoms with Crippen molar-refractivity contribution in [3.63, 3.8) is 0 Å². The maximum absolute atomic E-state index is 13.6. The van der Waals surface area contributed by atoms with Gasteiger partial charge in [-0.3, -0.25) is 19.1 Å². The molecule has 1 aromatic carbocycles. The third-order valence-corrected chi connectivity index (χ3v) is 8.29. The summed E-state index contributed by atoms with van der Waals surface area (Å²) in [5, 5.41) is 9.92. The van der Waals surface area contributed by atoms with Crippen molar-refractivity contribution in [2.24, 2.45) is 0 Å². The molecule has 7 nitrogen and oxygen atoms in total. The van der Waals surface area contributed by atoms with Crippen molar-refractivity contribution in [2.45, 2.75) is 72.8 Å². The maximum Gasteiger partial charge on any atom is 0.270 e. The number of anilines is 1. The summed E-state index contributed by atoms with van der Waals surface area (Å²) in [7, 11) is 0. The van der Waals surface area contributed by atoms with Gasteiger partial charge in [0.15, 0.2) is 0 Å². The molecule has 2 aliphatic heterocycles. The van der Waals surface area contributed by atoms with Gasteiger partial charge in [-0.25, -0.2) is 0 Å². The van der Waals surface area contributed by atoms with Crippen LogP contribution in [-0.2, 0) is 22.6 Å². The second-order valence-electron chi connectivity index (χ2n) is 10.1. The quantitative estimate of drug-likeness (QED) is 0.348. The Labute approximate surface area is 234 Å². The van der Waals surface area contributed by atoms with Gasteiger partial charge in [-0.2, -0.15) is 5.26 Å². The fraction of sp³-hybridized carbons (Fsp3) is 0.448. The van der Waals surface area contributed by atoms with E-state index in [0.29, 0.717) is 41.0 Å². The normalized spacial score (nSPS) is 20.9. The van der Waals surface area contributed by atoms with E-state index in [1.807, 2.05) is 51.1 Å². The number of aryl methyl sites for hydroxylation is 1. The highest BCUT2D eigenvalue weighted by Crippen LogP contribution is 2.37. The molecule has 0 aliphatic carbocycles. The fourth-order valence-electron chi connectivity index (χ4n) is 5.00. The number of carbonyl (C=O) groups is 1. The Hall–Kier alpha value is -2.93. The Morgan fingerprint density at radius 3 is 2.42 bits per heavy atom. The van der Waals surface area contributed by atoms with Crippen LogP contribution in [-0.4, -0.2) is 45.0 Å². The number of morpholine rings is 1. The van der Waals surface area contributed by atoms with E-state index in [0.717, 1.165) is 35.3 Å². The standard InChI is InChI=1S/C29H34N4O3S2/c1-6-7-12-32-26(31-15-19(3)36-20(4)16-31)23(21(5)24(14-30)27(32)34)13-25-28(35)33(29(37)38-25)17-22-10-8-18(2)9-11-22/h8-11,13,19-20H,6-7,12,15-17H2,1-5H3. The molecule has 0 N–H and O–H groups in total. The van der Waals surface area contributed by atoms with E-state index in [1.165, 1.54) is 11.8 Å². The molecule has 1 aromatic heterocycles. The van der Waals surface area contributed by atoms with Crippen LogP contribution in [0.15, 0.2) is 34.0 Å². The van der Waals surface area contributed by atoms with Gasteiger partial charge in [-0.1, -0.05) is 67.2 Å². The van der Waals surface area contributed by atoms with E-state index < -0.39 is 0 Å². The Morgan fingerprint density at radius 2 is 1.82 bits per heavy atom. The van der Waals surface area contributed by atoms with Gasteiger partial charge >= 0.3 is 0 Å². The Morgan fingerprint density at radius 1 is 1.16 bits per heavy atom. The van der Waals surface area contributed by atoms with Crippen molar-refractivity contribution in [3.8, 4) is 6.07 Å². The average molecular weight is 551 g/mol. The van der Waals surface area contributed by atoms with Crippen LogP contribution in [0.5, 0.6) is 0 Å². The van der Waals surface area contributed by atoms with E-state index >= 15 is 0 Å². The van der Waals surface area contributed by atoms with Gasteiger partial charge in [0.05, 0.1) is 23.7 Å². The molecule has 0 spiro atoms. The predicted molar refractivity (Wildman–Crippen MR) is 157 cm³/mol. The molecule has 200 valence electrons. The number of benzene rings is 1. The van der Waals surface area contributed by atoms with Gasteiger partial charge in [-0.15, -0.1) is 0 Å². The van der Waals surface area contributed by atoms with Gasteiger partial charge in [0.1, 0.15) is 21.8 Å². The molecule has 1 amide bonds. The summed E-state index contributed by atoms with van der Waals surface area (Å²) < 4.78 is 8.18. The van der Waals surface area contributed by atoms with Crippen LogP contribution in [0, 0.1) is 25.2 Å². The number of carbonyl (C=O) groups excluding carboxylic acids is 1. The zero-order chi connectivity index (χ0) is 27.6. The van der Waals surface area contributed by atoms with Crippen LogP contribution >= 0.6 is 24.0 Å². The molecule has 3 heterocycles. The summed E-state index contributed by atoms with van der Waals surface area (Å²) >= 11 is 6.86. The summed E-state index contributed by atoms with van der Waals surface area (Å²) in [6.45, 7) is 12.0. The molecule has 2 unspecified atom stereocenters. The number of amides is 1. The van der Waals surface area contributed by atoms with E-state index in [-0.39, 0.29) is 29.2 Å². The minimum atomic E-state index is -0.288. The highest BCUT2D eigenvalue weighted by molar-refractivity contribution is 8.26. The van der Waals surface area contributed by atoms with E-state index in [1.54, 1.807) is 16.4 Å². The summed E-state index contributed by atoms with van der Waals surface area (Å²) in [6.07, 6.45) is 3.49. The second kappa shape index (κ2) is 11.9. The summed E-state index contributed by atoms with van der Waals surface area (Å²) in [5.74, 6) is 0.574. The Kier molecular flexibility index (Phi) is 8.76. The third kappa shape index (κ3) is 5.73. The number of hydrogen-bond acceptors (Lipinski definition) is 7. The van der Waals surface area contributed by atoms with Crippen LogP contribution in [0.4, 0.5) is 5.82 Å². The lowest BCUT2D eigenvalue weighted by molar-refractivity contribution is -0.122. The van der Waals surface area contributed by atoms with Crippen molar-refractivity contribution in [3.05, 3.63) is 67.3 Å². The van der Waals surface area contributed by atoms with Crippen molar-refractivity contribution in [1.82, 2.24) is 9.47 Å². The lowest BCUT2D eigenvalue weighted by atomic mass is 10.0. The third-order valence-electron chi connectivity index (χ3n) is 6.91. The van der Waals surface area contributed by atoms with Crippen molar-refractivity contribution < 1.29 is 9.53 Å². The molecule has 9 heteroatoms. The molecule has 2 aliphatic rings. The molecule has 0 saturated carbocycles. The number of rotatable bonds is 7. The van der Waals surface area contributed by atoms with Crippen molar-refractivity contribution >= 4 is 46.1 Å². The molecule has 0 bridgehead atoms. The molecule has 2 aromatic rings. The lowest BCUT2D eigenvalue weighted by Gasteiger charge is -2.39. The van der Waals surface area contributed by atoms with E-state index in [2.05, 4.69) is 17.9 Å². The fourth-order valence-corrected chi connectivity index (χ4v) is 6.24. The largest absolute Gasteiger partial charge is 0.372 e. The first-order chi connectivity index (χ1) is 18.1. The smallest absolute Gasteiger partial charge is 0.270 e. The zero-order valence-corrected chi connectivity index (χ0v) is 24.2.